The fourth-order valence-electron chi connectivity index (χ4n) is 3.40. The Hall–Kier alpha value is -1.95. The van der Waals surface area contributed by atoms with Crippen LogP contribution in [-0.4, -0.2) is 41.4 Å². The number of rotatable bonds is 7. The molecule has 24 heavy (non-hydrogen) atoms. The number of amides is 1. The van der Waals surface area contributed by atoms with Gasteiger partial charge in [0.25, 0.3) is 11.6 Å². The minimum absolute atomic E-state index is 0.0438. The third kappa shape index (κ3) is 4.77. The highest BCUT2D eigenvalue weighted by Crippen LogP contribution is 2.20. The zero-order chi connectivity index (χ0) is 17.5. The second-order valence-corrected chi connectivity index (χ2v) is 6.46. The van der Waals surface area contributed by atoms with Crippen molar-refractivity contribution < 1.29 is 9.72 Å². The molecular weight excluding hydrogens is 306 g/mol. The number of likely N-dealkylation sites (tertiary alicyclic amines) is 1. The van der Waals surface area contributed by atoms with Gasteiger partial charge in [-0.15, -0.1) is 0 Å². The molecule has 1 N–H and O–H groups in total. The van der Waals surface area contributed by atoms with Gasteiger partial charge in [-0.3, -0.25) is 14.9 Å². The lowest BCUT2D eigenvalue weighted by Crippen LogP contribution is -2.40. The summed E-state index contributed by atoms with van der Waals surface area (Å²) in [7, 11) is 0. The Morgan fingerprint density at radius 1 is 1.42 bits per heavy atom. The maximum Gasteiger partial charge on any atom is 0.272 e. The number of carbonyl (C=O) groups excluding carboxylic acids is 1. The standard InChI is InChI=1S/C18H27N3O3/c1-3-16-7-4-5-11-20(16)12-6-10-19-18(22)15-8-9-17(21(23)24)14(2)13-15/h8-9,13,16H,3-7,10-12H2,1-2H3,(H,19,22)/t16-/m1/s1. The molecule has 0 radical (unpaired) electrons. The van der Waals surface area contributed by atoms with Crippen LogP contribution in [0.1, 0.15) is 54.9 Å². The fourth-order valence-corrected chi connectivity index (χ4v) is 3.40. The van der Waals surface area contributed by atoms with Crippen molar-refractivity contribution in [3.05, 3.63) is 39.4 Å². The predicted molar refractivity (Wildman–Crippen MR) is 94.3 cm³/mol. The molecule has 1 atom stereocenters. The van der Waals surface area contributed by atoms with E-state index < -0.39 is 4.92 Å². The topological polar surface area (TPSA) is 75.5 Å². The molecule has 0 aromatic heterocycles. The minimum atomic E-state index is -0.431. The molecule has 6 nitrogen and oxygen atoms in total. The number of nitro groups is 1. The Kier molecular flexibility index (Phi) is 6.73. The average molecular weight is 333 g/mol. The van der Waals surface area contributed by atoms with E-state index in [1.165, 1.54) is 37.8 Å². The summed E-state index contributed by atoms with van der Waals surface area (Å²) in [4.78, 5) is 25.1. The van der Waals surface area contributed by atoms with Crippen molar-refractivity contribution in [1.82, 2.24) is 10.2 Å². The van der Waals surface area contributed by atoms with Crippen LogP contribution >= 0.6 is 0 Å². The molecule has 0 saturated carbocycles. The molecule has 1 aliphatic heterocycles. The van der Waals surface area contributed by atoms with Gasteiger partial charge in [0.1, 0.15) is 0 Å². The summed E-state index contributed by atoms with van der Waals surface area (Å²) in [5.74, 6) is -0.168. The molecule has 2 rings (SSSR count). The van der Waals surface area contributed by atoms with E-state index in [0.29, 0.717) is 23.7 Å². The van der Waals surface area contributed by atoms with Gasteiger partial charge in [0, 0.05) is 36.3 Å². The molecule has 1 amide bonds. The Balaban J connectivity index is 1.79. The number of carbonyl (C=O) groups is 1. The molecule has 1 aromatic rings. The molecule has 0 spiro atoms. The molecule has 1 fully saturated rings. The normalized spacial score (nSPS) is 18.3. The van der Waals surface area contributed by atoms with Crippen LogP contribution in [0.5, 0.6) is 0 Å². The van der Waals surface area contributed by atoms with Gasteiger partial charge in [0.15, 0.2) is 0 Å². The van der Waals surface area contributed by atoms with E-state index in [9.17, 15) is 14.9 Å². The summed E-state index contributed by atoms with van der Waals surface area (Å²) in [6, 6.07) is 5.17. The molecule has 1 heterocycles. The second kappa shape index (κ2) is 8.78. The van der Waals surface area contributed by atoms with Crippen LogP contribution in [0.2, 0.25) is 0 Å². The maximum absolute atomic E-state index is 12.2. The van der Waals surface area contributed by atoms with Crippen LogP contribution in [-0.2, 0) is 0 Å². The van der Waals surface area contributed by atoms with Crippen molar-refractivity contribution in [3.8, 4) is 0 Å². The van der Waals surface area contributed by atoms with E-state index >= 15 is 0 Å². The highest BCUT2D eigenvalue weighted by atomic mass is 16.6. The number of nitrogens with one attached hydrogen (secondary N) is 1. The van der Waals surface area contributed by atoms with Crippen LogP contribution in [0.4, 0.5) is 5.69 Å². The van der Waals surface area contributed by atoms with Crippen LogP contribution in [0.15, 0.2) is 18.2 Å². The Bertz CT molecular complexity index is 589. The highest BCUT2D eigenvalue weighted by molar-refractivity contribution is 5.94. The maximum atomic E-state index is 12.2. The Morgan fingerprint density at radius 2 is 2.21 bits per heavy atom. The molecule has 1 saturated heterocycles. The number of nitrogens with zero attached hydrogens (tertiary/aromatic N) is 2. The SMILES string of the molecule is CC[C@@H]1CCCCN1CCCNC(=O)c1ccc([N+](=O)[O-])c(C)c1. The summed E-state index contributed by atoms with van der Waals surface area (Å²) >= 11 is 0. The van der Waals surface area contributed by atoms with Gasteiger partial charge in [-0.25, -0.2) is 0 Å². The number of hydrogen-bond acceptors (Lipinski definition) is 4. The summed E-state index contributed by atoms with van der Waals surface area (Å²) in [5.41, 5.74) is 1.02. The summed E-state index contributed by atoms with van der Waals surface area (Å²) in [6.45, 7) is 6.69. The van der Waals surface area contributed by atoms with E-state index in [1.807, 2.05) is 0 Å². The average Bonchev–Trinajstić information content (AvgIpc) is 2.58. The summed E-state index contributed by atoms with van der Waals surface area (Å²) in [6.07, 6.45) is 5.99. The number of piperidine rings is 1. The molecule has 0 aliphatic carbocycles. The van der Waals surface area contributed by atoms with Crippen LogP contribution < -0.4 is 5.32 Å². The number of nitro benzene ring substituents is 1. The lowest BCUT2D eigenvalue weighted by Gasteiger charge is -2.35. The first kappa shape index (κ1) is 18.4. The largest absolute Gasteiger partial charge is 0.352 e. The number of hydrogen-bond donors (Lipinski definition) is 1. The van der Waals surface area contributed by atoms with E-state index in [1.54, 1.807) is 13.0 Å². The van der Waals surface area contributed by atoms with Crippen molar-refractivity contribution in [1.29, 1.82) is 0 Å². The number of aryl methyl sites for hydroxylation is 1. The second-order valence-electron chi connectivity index (χ2n) is 6.46. The van der Waals surface area contributed by atoms with Gasteiger partial charge in [-0.2, -0.15) is 0 Å². The first-order chi connectivity index (χ1) is 11.5. The first-order valence-corrected chi connectivity index (χ1v) is 8.80. The van der Waals surface area contributed by atoms with Gasteiger partial charge in [-0.1, -0.05) is 13.3 Å². The van der Waals surface area contributed by atoms with Crippen molar-refractivity contribution in [2.45, 2.75) is 52.0 Å². The van der Waals surface area contributed by atoms with Gasteiger partial charge >= 0.3 is 0 Å². The smallest absolute Gasteiger partial charge is 0.272 e. The lowest BCUT2D eigenvalue weighted by molar-refractivity contribution is -0.385. The van der Waals surface area contributed by atoms with Crippen molar-refractivity contribution in [2.24, 2.45) is 0 Å². The van der Waals surface area contributed by atoms with Gasteiger partial charge in [0.05, 0.1) is 4.92 Å². The van der Waals surface area contributed by atoms with Crippen molar-refractivity contribution in [3.63, 3.8) is 0 Å². The van der Waals surface area contributed by atoms with Crippen molar-refractivity contribution >= 4 is 11.6 Å². The van der Waals surface area contributed by atoms with Crippen LogP contribution in [0, 0.1) is 17.0 Å². The molecule has 1 aliphatic rings. The molecule has 132 valence electrons. The monoisotopic (exact) mass is 333 g/mol. The Labute approximate surface area is 143 Å². The van der Waals surface area contributed by atoms with Gasteiger partial charge in [-0.05, 0) is 51.3 Å². The number of benzene rings is 1. The summed E-state index contributed by atoms with van der Waals surface area (Å²) in [5, 5.41) is 13.7. The fraction of sp³-hybridized carbons (Fsp3) is 0.611. The first-order valence-electron chi connectivity index (χ1n) is 8.80. The molecule has 1 aromatic carbocycles. The van der Waals surface area contributed by atoms with Gasteiger partial charge in [0.2, 0.25) is 0 Å². The molecule has 6 heteroatoms. The van der Waals surface area contributed by atoms with Gasteiger partial charge < -0.3 is 10.2 Å². The molecular formula is C18H27N3O3. The highest BCUT2D eigenvalue weighted by Gasteiger charge is 2.20. The quantitative estimate of drug-likeness (QED) is 0.472. The summed E-state index contributed by atoms with van der Waals surface area (Å²) < 4.78 is 0. The van der Waals surface area contributed by atoms with Crippen LogP contribution in [0.3, 0.4) is 0 Å². The third-order valence-electron chi connectivity index (χ3n) is 4.78. The van der Waals surface area contributed by atoms with E-state index in [4.69, 9.17) is 0 Å². The predicted octanol–water partition coefficient (Wildman–Crippen LogP) is 3.29. The van der Waals surface area contributed by atoms with Crippen molar-refractivity contribution in [2.75, 3.05) is 19.6 Å². The van der Waals surface area contributed by atoms with E-state index in [0.717, 1.165) is 19.5 Å². The third-order valence-corrected chi connectivity index (χ3v) is 4.78. The molecule has 0 bridgehead atoms. The van der Waals surface area contributed by atoms with E-state index in [-0.39, 0.29) is 11.6 Å². The van der Waals surface area contributed by atoms with Crippen LogP contribution in [0.25, 0.3) is 0 Å². The lowest BCUT2D eigenvalue weighted by atomic mass is 10.00. The zero-order valence-electron chi connectivity index (χ0n) is 14.6. The minimum Gasteiger partial charge on any atom is -0.352 e. The zero-order valence-corrected chi connectivity index (χ0v) is 14.6. The van der Waals surface area contributed by atoms with E-state index in [2.05, 4.69) is 17.1 Å². The molecule has 0 unspecified atom stereocenters. The Morgan fingerprint density at radius 3 is 2.88 bits per heavy atom.